The van der Waals surface area contributed by atoms with Crippen LogP contribution in [0.5, 0.6) is 0 Å². The molecule has 4 heavy (non-hydrogen) atoms. The molecule has 0 aromatic carbocycles. The van der Waals surface area contributed by atoms with E-state index in [9.17, 15) is 0 Å². The van der Waals surface area contributed by atoms with Crippen molar-refractivity contribution < 1.29 is 0 Å². The molecule has 0 saturated heterocycles. The summed E-state index contributed by atoms with van der Waals surface area (Å²) >= 11 is 1.37. The second kappa shape index (κ2) is 8.86. The number of rotatable bonds is 0. The van der Waals surface area contributed by atoms with Crippen molar-refractivity contribution in [3.05, 3.63) is 0 Å². The van der Waals surface area contributed by atoms with Gasteiger partial charge in [0.05, 0.1) is 0 Å². The van der Waals surface area contributed by atoms with Gasteiger partial charge in [0.15, 0.2) is 0 Å². The van der Waals surface area contributed by atoms with Crippen molar-refractivity contribution in [1.29, 1.82) is 0 Å². The molecule has 0 spiro atoms. The summed E-state index contributed by atoms with van der Waals surface area (Å²) in [5.74, 6) is 0. The Labute approximate surface area is 50.1 Å². The van der Waals surface area contributed by atoms with Crippen LogP contribution in [0.15, 0.2) is 0 Å². The predicted octanol–water partition coefficient (Wildman–Crippen LogP) is 0.323. The molecule has 0 aromatic heterocycles. The second-order valence-electron chi connectivity index (χ2n) is 0.354. The monoisotopic (exact) mass is 270 g/mol. The molecule has 2 heteroatoms. The minimum absolute atomic E-state index is 0. The van der Waals surface area contributed by atoms with Crippen LogP contribution in [0.3, 0.4) is 0 Å². The van der Waals surface area contributed by atoms with E-state index in [2.05, 4.69) is 6.92 Å². The van der Waals surface area contributed by atoms with Crippen molar-refractivity contribution in [1.82, 2.24) is 0 Å². The van der Waals surface area contributed by atoms with Crippen LogP contribution in [0.25, 0.3) is 0 Å². The number of thiol groups is 1. The molecule has 3 radical (unpaired) electrons. The molecule has 0 unspecified atom stereocenters. The van der Waals surface area contributed by atoms with Gasteiger partial charge in [-0.25, -0.2) is 0 Å². The Bertz CT molecular complexity index is 6.00. The molecule has 0 aromatic rings. The molecule has 0 aliphatic carbocycles. The first-order valence-electron chi connectivity index (χ1n) is 1.06. The van der Waals surface area contributed by atoms with E-state index in [1.807, 2.05) is 0 Å². The average Bonchev–Trinajstić information content (AvgIpc) is 0.918. The Kier molecular flexibility index (Phi) is 19.9. The molecule has 0 N–H and O–H groups in total. The van der Waals surface area contributed by atoms with Crippen LogP contribution in [0.4, 0.5) is 0 Å². The van der Waals surface area contributed by atoms with Crippen LogP contribution in [0.1, 0.15) is 6.92 Å². The Morgan fingerprint density at radius 1 is 1.75 bits per heavy atom. The average molecular weight is 269 g/mol. The Balaban J connectivity index is 0. The number of hydrogen-bond acceptors (Lipinski definition) is 1. The first-order chi connectivity index (χ1) is 1.41. The first-order valence-corrected chi connectivity index (χ1v) is 3.81. The van der Waals surface area contributed by atoms with E-state index in [0.29, 0.717) is 0 Å². The topological polar surface area (TPSA) is 0 Å². The van der Waals surface area contributed by atoms with E-state index >= 15 is 0 Å². The van der Waals surface area contributed by atoms with Crippen LogP contribution in [-0.2, 0) is 13.5 Å². The van der Waals surface area contributed by atoms with E-state index in [1.165, 1.54) is 29.7 Å². The van der Waals surface area contributed by atoms with E-state index in [0.717, 1.165) is 0 Å². The van der Waals surface area contributed by atoms with Crippen molar-refractivity contribution in [2.45, 2.75) is 10.9 Å². The summed E-state index contributed by atoms with van der Waals surface area (Å²) < 4.78 is 1.39. The fraction of sp³-hybridized carbons (Fsp3) is 1.00. The Hall–Kier alpha value is 1.27. The fourth-order valence-electron chi connectivity index (χ4n) is 0. The molecule has 0 rings (SSSR count). The van der Waals surface area contributed by atoms with Gasteiger partial charge in [-0.3, -0.25) is 0 Å². The van der Waals surface area contributed by atoms with Crippen LogP contribution < -0.4 is 0 Å². The molecular formula is C2H6PbS-. The zero-order chi connectivity index (χ0) is 2.71. The molecule has 25 valence electrons. The Morgan fingerprint density at radius 3 is 1.75 bits per heavy atom. The largest absolute Gasteiger partial charge is 0.813 e. The van der Waals surface area contributed by atoms with Crippen LogP contribution in [0.2, 0.25) is 3.98 Å². The molecule has 0 aliphatic rings. The molecule has 0 heterocycles. The summed E-state index contributed by atoms with van der Waals surface area (Å²) in [5.41, 5.74) is 0. The van der Waals surface area contributed by atoms with Gasteiger partial charge >= 0.3 is 36.7 Å². The molecule has 0 saturated carbocycles. The molecular weight excluding hydrogens is 263 g/mol. The van der Waals surface area contributed by atoms with Gasteiger partial charge in [-0.05, 0) is 0 Å². The minimum atomic E-state index is 0. The van der Waals surface area contributed by atoms with Crippen molar-refractivity contribution in [3.63, 3.8) is 0 Å². The minimum Gasteiger partial charge on any atom is -0.813 e. The SMILES string of the molecule is C[CH2][Pb].[SH-]. The molecule has 0 aliphatic heterocycles. The zero-order valence-corrected chi connectivity index (χ0v) is 7.44. The molecule has 0 atom stereocenters. The van der Waals surface area contributed by atoms with Gasteiger partial charge in [0.25, 0.3) is 0 Å². The summed E-state index contributed by atoms with van der Waals surface area (Å²) in [6.45, 7) is 2.19. The van der Waals surface area contributed by atoms with E-state index in [4.69, 9.17) is 0 Å². The predicted molar refractivity (Wildman–Crippen MR) is 25.0 cm³/mol. The second-order valence-corrected chi connectivity index (χ2v) is 3.10. The molecule has 0 nitrogen and oxygen atoms in total. The van der Waals surface area contributed by atoms with Gasteiger partial charge < -0.3 is 13.5 Å². The van der Waals surface area contributed by atoms with E-state index < -0.39 is 0 Å². The summed E-state index contributed by atoms with van der Waals surface area (Å²) in [6, 6.07) is 0. The molecule has 0 bridgehead atoms. The van der Waals surface area contributed by atoms with E-state index in [1.54, 1.807) is 0 Å². The number of hydrogen-bond donors (Lipinski definition) is 0. The third-order valence-electron chi connectivity index (χ3n) is 0. The normalized spacial score (nSPS) is 4.50. The maximum Gasteiger partial charge on any atom is -0.813 e. The fourth-order valence-corrected chi connectivity index (χ4v) is 0. The smallest absolute Gasteiger partial charge is 0.813 e. The summed E-state index contributed by atoms with van der Waals surface area (Å²) in [6.07, 6.45) is 0. The van der Waals surface area contributed by atoms with Crippen LogP contribution in [-0.4, -0.2) is 25.8 Å². The van der Waals surface area contributed by atoms with E-state index in [-0.39, 0.29) is 13.5 Å². The summed E-state index contributed by atoms with van der Waals surface area (Å²) in [4.78, 5) is 0. The zero-order valence-electron chi connectivity index (χ0n) is 2.65. The van der Waals surface area contributed by atoms with Crippen molar-refractivity contribution in [2.75, 3.05) is 0 Å². The van der Waals surface area contributed by atoms with Crippen molar-refractivity contribution >= 4 is 39.3 Å². The first kappa shape index (κ1) is 8.99. The van der Waals surface area contributed by atoms with Crippen LogP contribution >= 0.6 is 0 Å². The third-order valence-corrected chi connectivity index (χ3v) is 0. The summed E-state index contributed by atoms with van der Waals surface area (Å²) in [7, 11) is 0. The molecule has 0 fully saturated rings. The van der Waals surface area contributed by atoms with Crippen molar-refractivity contribution in [2.24, 2.45) is 0 Å². The van der Waals surface area contributed by atoms with Gasteiger partial charge in [0.1, 0.15) is 0 Å². The maximum absolute atomic E-state index is 2.19. The van der Waals surface area contributed by atoms with Crippen molar-refractivity contribution in [3.8, 4) is 0 Å². The van der Waals surface area contributed by atoms with Gasteiger partial charge in [-0.1, -0.05) is 0 Å². The van der Waals surface area contributed by atoms with Gasteiger partial charge in [-0.15, -0.1) is 0 Å². The molecule has 0 amide bonds. The standard InChI is InChI=1S/C2H5.Pb.H2S/c1-2;;/h1H2,2H3;;1H2/p-1. The Morgan fingerprint density at radius 2 is 1.75 bits per heavy atom. The maximum atomic E-state index is 2.19. The van der Waals surface area contributed by atoms with Gasteiger partial charge in [-0.2, -0.15) is 0 Å². The third kappa shape index (κ3) is 10.4. The quantitative estimate of drug-likeness (QED) is 0.347. The van der Waals surface area contributed by atoms with Gasteiger partial charge in [0.2, 0.25) is 0 Å². The summed E-state index contributed by atoms with van der Waals surface area (Å²) in [5, 5.41) is 0. The van der Waals surface area contributed by atoms with Gasteiger partial charge in [0, 0.05) is 0 Å². The van der Waals surface area contributed by atoms with Crippen LogP contribution in [0, 0.1) is 0 Å².